The summed E-state index contributed by atoms with van der Waals surface area (Å²) in [5.74, 6) is -0.0924. The lowest BCUT2D eigenvalue weighted by atomic mass is 10.1. The van der Waals surface area contributed by atoms with E-state index in [1.807, 2.05) is 31.2 Å². The molecule has 0 aromatic heterocycles. The molecule has 0 aliphatic carbocycles. The molecule has 0 saturated heterocycles. The largest absolute Gasteiger partial charge is 0.488 e. The number of nitrogens with one attached hydrogen (secondary N) is 1. The van der Waals surface area contributed by atoms with Crippen LogP contribution in [-0.4, -0.2) is 12.1 Å². The standard InChI is InChI=1S/C23H18BrF3N2O2/c1-15-5-7-16(8-6-15)14-31-21-10-9-17(11-20(21)24)13-28-29-22(30)18-3-2-4-19(12-18)23(25,26)27/h2-13H,14H2,1H3,(H,29,30). The molecule has 0 bridgehead atoms. The smallest absolute Gasteiger partial charge is 0.416 e. The highest BCUT2D eigenvalue weighted by Gasteiger charge is 2.30. The van der Waals surface area contributed by atoms with Crippen LogP contribution >= 0.6 is 15.9 Å². The van der Waals surface area contributed by atoms with Crippen LogP contribution in [0.2, 0.25) is 0 Å². The van der Waals surface area contributed by atoms with Crippen molar-refractivity contribution in [2.24, 2.45) is 5.10 Å². The number of halogens is 4. The maximum absolute atomic E-state index is 12.8. The Labute approximate surface area is 185 Å². The summed E-state index contributed by atoms with van der Waals surface area (Å²) >= 11 is 3.44. The minimum absolute atomic E-state index is 0.131. The molecule has 1 amide bonds. The third-order valence-corrected chi connectivity index (χ3v) is 4.92. The van der Waals surface area contributed by atoms with Crippen LogP contribution in [0.5, 0.6) is 5.75 Å². The Bertz CT molecular complexity index is 1100. The topological polar surface area (TPSA) is 50.7 Å². The average molecular weight is 491 g/mol. The highest BCUT2D eigenvalue weighted by molar-refractivity contribution is 9.10. The number of alkyl halides is 3. The Hall–Kier alpha value is -3.13. The van der Waals surface area contributed by atoms with Gasteiger partial charge >= 0.3 is 6.18 Å². The molecule has 4 nitrogen and oxygen atoms in total. The fraction of sp³-hybridized carbons (Fsp3) is 0.130. The van der Waals surface area contributed by atoms with E-state index in [4.69, 9.17) is 4.74 Å². The second-order valence-electron chi connectivity index (χ2n) is 6.74. The van der Waals surface area contributed by atoms with Gasteiger partial charge in [0.2, 0.25) is 0 Å². The van der Waals surface area contributed by atoms with E-state index in [-0.39, 0.29) is 5.56 Å². The number of amides is 1. The summed E-state index contributed by atoms with van der Waals surface area (Å²) in [5, 5.41) is 3.81. The van der Waals surface area contributed by atoms with Crippen LogP contribution in [0.25, 0.3) is 0 Å². The molecule has 0 heterocycles. The van der Waals surface area contributed by atoms with Crippen molar-refractivity contribution in [3.05, 3.63) is 99.0 Å². The zero-order valence-electron chi connectivity index (χ0n) is 16.4. The molecule has 0 saturated carbocycles. The van der Waals surface area contributed by atoms with Crippen molar-refractivity contribution in [2.45, 2.75) is 19.7 Å². The zero-order chi connectivity index (χ0) is 22.4. The molecule has 0 atom stereocenters. The molecular formula is C23H18BrF3N2O2. The van der Waals surface area contributed by atoms with Crippen molar-refractivity contribution < 1.29 is 22.7 Å². The average Bonchev–Trinajstić information content (AvgIpc) is 2.74. The van der Waals surface area contributed by atoms with Gasteiger partial charge in [-0.05, 0) is 70.4 Å². The molecule has 0 aliphatic heterocycles. The number of aryl methyl sites for hydroxylation is 1. The van der Waals surface area contributed by atoms with Gasteiger partial charge in [-0.1, -0.05) is 35.9 Å². The molecule has 0 unspecified atom stereocenters. The molecule has 8 heteroatoms. The Kier molecular flexibility index (Phi) is 7.12. The number of benzene rings is 3. The van der Waals surface area contributed by atoms with Crippen molar-refractivity contribution in [3.63, 3.8) is 0 Å². The number of carbonyl (C=O) groups excluding carboxylic acids is 1. The van der Waals surface area contributed by atoms with Gasteiger partial charge in [0.1, 0.15) is 12.4 Å². The number of rotatable bonds is 6. The highest BCUT2D eigenvalue weighted by Crippen LogP contribution is 2.29. The molecule has 0 fully saturated rings. The maximum Gasteiger partial charge on any atom is 0.416 e. The molecule has 3 aromatic carbocycles. The van der Waals surface area contributed by atoms with Crippen LogP contribution in [-0.2, 0) is 12.8 Å². The lowest BCUT2D eigenvalue weighted by molar-refractivity contribution is -0.137. The van der Waals surface area contributed by atoms with Gasteiger partial charge in [0, 0.05) is 5.56 Å². The van der Waals surface area contributed by atoms with Crippen LogP contribution in [0.1, 0.15) is 32.6 Å². The fourth-order valence-corrected chi connectivity index (χ4v) is 3.14. The minimum Gasteiger partial charge on any atom is -0.488 e. The molecule has 3 aromatic rings. The molecule has 1 N–H and O–H groups in total. The maximum atomic E-state index is 12.8. The normalized spacial score (nSPS) is 11.5. The van der Waals surface area contributed by atoms with Crippen molar-refractivity contribution in [3.8, 4) is 5.75 Å². The second kappa shape index (κ2) is 9.78. The monoisotopic (exact) mass is 490 g/mol. The molecular weight excluding hydrogens is 473 g/mol. The molecule has 31 heavy (non-hydrogen) atoms. The van der Waals surface area contributed by atoms with Crippen molar-refractivity contribution in [2.75, 3.05) is 0 Å². The van der Waals surface area contributed by atoms with Gasteiger partial charge in [-0.2, -0.15) is 18.3 Å². The van der Waals surface area contributed by atoms with E-state index in [1.54, 1.807) is 18.2 Å². The number of hydrazone groups is 1. The number of nitrogens with zero attached hydrogens (tertiary/aromatic N) is 1. The van der Waals surface area contributed by atoms with Gasteiger partial charge in [0.25, 0.3) is 5.91 Å². The lowest BCUT2D eigenvalue weighted by Crippen LogP contribution is -2.18. The third kappa shape index (κ3) is 6.42. The van der Waals surface area contributed by atoms with Crippen molar-refractivity contribution in [1.82, 2.24) is 5.43 Å². The predicted octanol–water partition coefficient (Wildman–Crippen LogP) is 6.12. The van der Waals surface area contributed by atoms with Crippen molar-refractivity contribution in [1.29, 1.82) is 0 Å². The van der Waals surface area contributed by atoms with E-state index < -0.39 is 17.6 Å². The second-order valence-corrected chi connectivity index (χ2v) is 7.60. The van der Waals surface area contributed by atoms with Gasteiger partial charge in [0.15, 0.2) is 0 Å². The summed E-state index contributed by atoms with van der Waals surface area (Å²) < 4.78 is 44.8. The molecule has 160 valence electrons. The van der Waals surface area contributed by atoms with Crippen molar-refractivity contribution >= 4 is 28.1 Å². The van der Waals surface area contributed by atoms with Gasteiger partial charge in [0.05, 0.1) is 16.3 Å². The SMILES string of the molecule is Cc1ccc(COc2ccc(C=NNC(=O)c3cccc(C(F)(F)F)c3)cc2Br)cc1. The predicted molar refractivity (Wildman–Crippen MR) is 116 cm³/mol. The van der Waals surface area contributed by atoms with E-state index in [1.165, 1.54) is 23.9 Å². The summed E-state index contributed by atoms with van der Waals surface area (Å²) in [4.78, 5) is 12.1. The summed E-state index contributed by atoms with van der Waals surface area (Å²) in [6, 6.07) is 17.4. The van der Waals surface area contributed by atoms with Gasteiger partial charge in [-0.25, -0.2) is 5.43 Å². The zero-order valence-corrected chi connectivity index (χ0v) is 18.0. The van der Waals surface area contributed by atoms with E-state index in [0.717, 1.165) is 17.7 Å². The number of hydrogen-bond acceptors (Lipinski definition) is 3. The highest BCUT2D eigenvalue weighted by atomic mass is 79.9. The quantitative estimate of drug-likeness (QED) is 0.334. The van der Waals surface area contributed by atoms with Crippen LogP contribution in [0.4, 0.5) is 13.2 Å². The molecule has 0 radical (unpaired) electrons. The Balaban J connectivity index is 1.59. The summed E-state index contributed by atoms with van der Waals surface area (Å²) in [5.41, 5.74) is 4.08. The Morgan fingerprint density at radius 1 is 1.10 bits per heavy atom. The molecule has 0 spiro atoms. The molecule has 3 rings (SSSR count). The summed E-state index contributed by atoms with van der Waals surface area (Å²) in [6.45, 7) is 2.43. The first-order valence-corrected chi connectivity index (χ1v) is 10.0. The first kappa shape index (κ1) is 22.6. The van der Waals surface area contributed by atoms with Gasteiger partial charge in [-0.15, -0.1) is 0 Å². The summed E-state index contributed by atoms with van der Waals surface area (Å²) in [6.07, 6.45) is -3.13. The van der Waals surface area contributed by atoms with Gasteiger partial charge in [-0.3, -0.25) is 4.79 Å². The first-order valence-electron chi connectivity index (χ1n) is 9.21. The van der Waals surface area contributed by atoms with Crippen LogP contribution in [0.15, 0.2) is 76.3 Å². The van der Waals surface area contributed by atoms with Gasteiger partial charge < -0.3 is 4.74 Å². The van der Waals surface area contributed by atoms with E-state index in [2.05, 4.69) is 26.5 Å². The number of carbonyl (C=O) groups is 1. The van der Waals surface area contributed by atoms with Crippen LogP contribution in [0, 0.1) is 6.92 Å². The lowest BCUT2D eigenvalue weighted by Gasteiger charge is -2.09. The minimum atomic E-state index is -4.52. The number of hydrogen-bond donors (Lipinski definition) is 1. The van der Waals surface area contributed by atoms with Crippen LogP contribution < -0.4 is 10.2 Å². The molecule has 0 aliphatic rings. The summed E-state index contributed by atoms with van der Waals surface area (Å²) in [7, 11) is 0. The van der Waals surface area contributed by atoms with Crippen LogP contribution in [0.3, 0.4) is 0 Å². The van der Waals surface area contributed by atoms with E-state index in [9.17, 15) is 18.0 Å². The fourth-order valence-electron chi connectivity index (χ4n) is 2.63. The first-order chi connectivity index (χ1) is 14.7. The number of ether oxygens (including phenoxy) is 1. The Morgan fingerprint density at radius 3 is 2.52 bits per heavy atom. The van der Waals surface area contributed by atoms with E-state index in [0.29, 0.717) is 22.4 Å². The Morgan fingerprint density at radius 2 is 1.84 bits per heavy atom. The third-order valence-electron chi connectivity index (χ3n) is 4.30. The van der Waals surface area contributed by atoms with E-state index >= 15 is 0 Å².